The number of rotatable bonds is 8. The zero-order valence-corrected chi connectivity index (χ0v) is 14.3. The molecule has 1 atom stereocenters. The minimum Gasteiger partial charge on any atom is -0.461 e. The Morgan fingerprint density at radius 1 is 1.38 bits per heavy atom. The predicted molar refractivity (Wildman–Crippen MR) is 89.2 cm³/mol. The van der Waals surface area contributed by atoms with E-state index < -0.39 is 33.1 Å². The highest BCUT2D eigenvalue weighted by atomic mass is 79.9. The molecule has 1 aromatic rings. The fourth-order valence-corrected chi connectivity index (χ4v) is 2.59. The second-order valence-corrected chi connectivity index (χ2v) is 5.32. The van der Waals surface area contributed by atoms with Crippen LogP contribution in [-0.2, 0) is 9.53 Å². The van der Waals surface area contributed by atoms with Crippen molar-refractivity contribution in [1.82, 2.24) is 0 Å². The molecule has 0 aromatic heterocycles. The number of esters is 1. The summed E-state index contributed by atoms with van der Waals surface area (Å²) in [6, 6.07) is 3.20. The molecule has 1 unspecified atom stereocenters. The van der Waals surface area contributed by atoms with Crippen LogP contribution in [0.5, 0.6) is 0 Å². The first-order chi connectivity index (χ1) is 11.4. The van der Waals surface area contributed by atoms with Crippen molar-refractivity contribution in [2.24, 2.45) is 10.9 Å². The first-order valence-corrected chi connectivity index (χ1v) is 7.93. The van der Waals surface area contributed by atoms with Crippen LogP contribution in [0, 0.1) is 20.2 Å². The highest BCUT2D eigenvalue weighted by Crippen LogP contribution is 2.33. The molecule has 2 N–H and O–H groups in total. The molecule has 1 aromatic carbocycles. The van der Waals surface area contributed by atoms with Crippen LogP contribution in [-0.4, -0.2) is 33.5 Å². The second kappa shape index (κ2) is 8.91. The summed E-state index contributed by atoms with van der Waals surface area (Å²) in [5, 5.41) is 25.9. The fourth-order valence-electron chi connectivity index (χ4n) is 2.14. The number of ether oxygens (including phenoxy) is 1. The molecule has 130 valence electrons. The van der Waals surface area contributed by atoms with Gasteiger partial charge >= 0.3 is 5.97 Å². The summed E-state index contributed by atoms with van der Waals surface area (Å²) < 4.78 is 4.86. The van der Waals surface area contributed by atoms with E-state index in [-0.39, 0.29) is 24.3 Å². The molecular weight excluding hydrogens is 388 g/mol. The van der Waals surface area contributed by atoms with Crippen molar-refractivity contribution in [1.29, 1.82) is 0 Å². The van der Waals surface area contributed by atoms with Crippen LogP contribution in [0.2, 0.25) is 0 Å². The lowest BCUT2D eigenvalue weighted by Gasteiger charge is -2.17. The van der Waals surface area contributed by atoms with Crippen LogP contribution in [0.4, 0.5) is 11.4 Å². The van der Waals surface area contributed by atoms with Gasteiger partial charge in [0.1, 0.15) is 0 Å². The number of non-ortho nitro benzene ring substituents is 1. The van der Waals surface area contributed by atoms with Crippen molar-refractivity contribution in [3.05, 3.63) is 44.0 Å². The van der Waals surface area contributed by atoms with Gasteiger partial charge in [-0.05, 0) is 19.4 Å². The Balaban J connectivity index is 3.46. The number of nitrogens with two attached hydrogens (primary N) is 1. The number of hydrogen-bond donors (Lipinski definition) is 1. The summed E-state index contributed by atoms with van der Waals surface area (Å²) in [4.78, 5) is 32.6. The Morgan fingerprint density at radius 3 is 2.50 bits per heavy atom. The van der Waals surface area contributed by atoms with Gasteiger partial charge in [-0.3, -0.25) is 20.2 Å². The fraction of sp³-hybridized carbons (Fsp3) is 0.385. The van der Waals surface area contributed by atoms with E-state index in [2.05, 4.69) is 21.0 Å². The molecule has 1 rings (SSSR count). The molecule has 0 spiro atoms. The third-order valence-corrected chi connectivity index (χ3v) is 3.61. The molecular formula is C13H15BrN4O6. The first-order valence-electron chi connectivity index (χ1n) is 6.80. The molecule has 0 heterocycles. The molecule has 0 aliphatic carbocycles. The van der Waals surface area contributed by atoms with E-state index in [0.29, 0.717) is 5.33 Å². The number of hydrazone groups is 1. The van der Waals surface area contributed by atoms with Crippen molar-refractivity contribution < 1.29 is 19.4 Å². The van der Waals surface area contributed by atoms with Gasteiger partial charge < -0.3 is 10.6 Å². The molecule has 10 nitrogen and oxygen atoms in total. The lowest BCUT2D eigenvalue weighted by atomic mass is 9.90. The summed E-state index contributed by atoms with van der Waals surface area (Å²) in [6.07, 6.45) is 0.257. The lowest BCUT2D eigenvalue weighted by Crippen LogP contribution is -2.27. The normalized spacial score (nSPS) is 12.5. The van der Waals surface area contributed by atoms with E-state index >= 15 is 0 Å². The van der Waals surface area contributed by atoms with Crippen LogP contribution in [0.3, 0.4) is 0 Å². The molecule has 24 heavy (non-hydrogen) atoms. The van der Waals surface area contributed by atoms with E-state index in [1.54, 1.807) is 6.92 Å². The number of hydrogen-bond acceptors (Lipinski definition) is 8. The maximum Gasteiger partial charge on any atom is 0.355 e. The van der Waals surface area contributed by atoms with Crippen molar-refractivity contribution >= 4 is 39.0 Å². The summed E-state index contributed by atoms with van der Waals surface area (Å²) >= 11 is 3.21. The number of nitro benzene ring substituents is 2. The quantitative estimate of drug-likeness (QED) is 0.175. The SMILES string of the molecule is CCOC(=O)C(=NN)C(CCBr)c1ccc([N+](=O)[O-])cc1[N+](=O)[O-]. The third-order valence-electron chi connectivity index (χ3n) is 3.15. The second-order valence-electron chi connectivity index (χ2n) is 4.52. The van der Waals surface area contributed by atoms with Crippen molar-refractivity contribution in [2.45, 2.75) is 19.3 Å². The van der Waals surface area contributed by atoms with E-state index in [4.69, 9.17) is 10.6 Å². The topological polar surface area (TPSA) is 151 Å². The van der Waals surface area contributed by atoms with Gasteiger partial charge in [0.15, 0.2) is 5.71 Å². The summed E-state index contributed by atoms with van der Waals surface area (Å²) in [5.41, 5.74) is -0.999. The Bertz CT molecular complexity index is 678. The minimum absolute atomic E-state index is 0.0846. The van der Waals surface area contributed by atoms with E-state index in [0.717, 1.165) is 12.1 Å². The molecule has 0 saturated carbocycles. The number of alkyl halides is 1. The smallest absolute Gasteiger partial charge is 0.355 e. The molecule has 0 bridgehead atoms. The van der Waals surface area contributed by atoms with Crippen LogP contribution >= 0.6 is 15.9 Å². The van der Waals surface area contributed by atoms with E-state index in [9.17, 15) is 25.0 Å². The average molecular weight is 403 g/mol. The predicted octanol–water partition coefficient (Wildman–Crippen LogP) is 2.25. The Morgan fingerprint density at radius 2 is 2.04 bits per heavy atom. The number of halogens is 1. The number of nitro groups is 2. The third kappa shape index (κ3) is 4.47. The van der Waals surface area contributed by atoms with Gasteiger partial charge in [-0.2, -0.15) is 5.10 Å². The highest BCUT2D eigenvalue weighted by molar-refractivity contribution is 9.09. The molecule has 0 fully saturated rings. The summed E-state index contributed by atoms with van der Waals surface area (Å²) in [7, 11) is 0. The van der Waals surface area contributed by atoms with Crippen LogP contribution in [0.1, 0.15) is 24.8 Å². The average Bonchev–Trinajstić information content (AvgIpc) is 2.54. The monoisotopic (exact) mass is 402 g/mol. The minimum atomic E-state index is -0.838. The number of benzene rings is 1. The largest absolute Gasteiger partial charge is 0.461 e. The van der Waals surface area contributed by atoms with E-state index in [1.807, 2.05) is 0 Å². The Kier molecular flexibility index (Phi) is 7.24. The molecule has 0 aliphatic heterocycles. The zero-order chi connectivity index (χ0) is 18.3. The maximum absolute atomic E-state index is 12.0. The molecule has 0 amide bonds. The van der Waals surface area contributed by atoms with Gasteiger partial charge in [0.25, 0.3) is 11.4 Å². The number of carbonyl (C=O) groups is 1. The number of carbonyl (C=O) groups excluding carboxylic acids is 1. The molecule has 11 heteroatoms. The van der Waals surface area contributed by atoms with Crippen molar-refractivity contribution in [3.63, 3.8) is 0 Å². The molecule has 0 saturated heterocycles. The van der Waals surface area contributed by atoms with E-state index in [1.165, 1.54) is 6.07 Å². The zero-order valence-electron chi connectivity index (χ0n) is 12.7. The first kappa shape index (κ1) is 19.5. The number of nitrogens with zero attached hydrogens (tertiary/aromatic N) is 3. The molecule has 0 radical (unpaired) electrons. The Hall–Kier alpha value is -2.56. The van der Waals surface area contributed by atoms with Crippen LogP contribution in [0.15, 0.2) is 23.3 Å². The van der Waals surface area contributed by atoms with Gasteiger partial charge in [0, 0.05) is 22.9 Å². The van der Waals surface area contributed by atoms with Crippen molar-refractivity contribution in [3.8, 4) is 0 Å². The van der Waals surface area contributed by atoms with Gasteiger partial charge in [-0.1, -0.05) is 15.9 Å². The van der Waals surface area contributed by atoms with Gasteiger partial charge in [-0.15, -0.1) is 0 Å². The van der Waals surface area contributed by atoms with Gasteiger partial charge in [-0.25, -0.2) is 4.79 Å². The van der Waals surface area contributed by atoms with Gasteiger partial charge in [0.05, 0.1) is 22.5 Å². The van der Waals surface area contributed by atoms with Crippen molar-refractivity contribution in [2.75, 3.05) is 11.9 Å². The van der Waals surface area contributed by atoms with Gasteiger partial charge in [0.2, 0.25) is 0 Å². The highest BCUT2D eigenvalue weighted by Gasteiger charge is 2.32. The van der Waals surface area contributed by atoms with Crippen LogP contribution < -0.4 is 5.84 Å². The lowest BCUT2D eigenvalue weighted by molar-refractivity contribution is -0.394. The standard InChI is InChI=1S/C13H15BrN4O6/c1-2-24-13(19)12(16-15)10(5-6-14)9-4-3-8(17(20)21)7-11(9)18(22)23/h3-4,7,10H,2,5-6,15H2,1H3. The summed E-state index contributed by atoms with van der Waals surface area (Å²) in [5.74, 6) is 3.64. The Labute approximate surface area is 145 Å². The summed E-state index contributed by atoms with van der Waals surface area (Å²) in [6.45, 7) is 1.68. The molecule has 0 aliphatic rings. The maximum atomic E-state index is 12.0. The van der Waals surface area contributed by atoms with Crippen LogP contribution in [0.25, 0.3) is 0 Å².